The van der Waals surface area contributed by atoms with Crippen molar-refractivity contribution in [2.24, 2.45) is 0 Å². The van der Waals surface area contributed by atoms with Crippen molar-refractivity contribution < 1.29 is 13.2 Å². The number of hydrogen-bond acceptors (Lipinski definition) is 3. The number of amides is 1. The predicted molar refractivity (Wildman–Crippen MR) is 81.0 cm³/mol. The molecular weight excluding hydrogens is 286 g/mol. The van der Waals surface area contributed by atoms with E-state index in [1.54, 1.807) is 24.3 Å². The quantitative estimate of drug-likeness (QED) is 0.872. The summed E-state index contributed by atoms with van der Waals surface area (Å²) in [5.41, 5.74) is 1.73. The van der Waals surface area contributed by atoms with Crippen LogP contribution < -0.4 is 0 Å². The van der Waals surface area contributed by atoms with Gasteiger partial charge >= 0.3 is 0 Å². The molecule has 0 aliphatic carbocycles. The van der Waals surface area contributed by atoms with Crippen LogP contribution in [0.3, 0.4) is 0 Å². The molecule has 0 radical (unpaired) electrons. The summed E-state index contributed by atoms with van der Waals surface area (Å²) in [4.78, 5) is 11.9. The lowest BCUT2D eigenvalue weighted by Gasteiger charge is -2.21. The van der Waals surface area contributed by atoms with Crippen molar-refractivity contribution in [1.29, 1.82) is 0 Å². The first kappa shape index (κ1) is 15.3. The summed E-state index contributed by atoms with van der Waals surface area (Å²) in [5, 5.41) is 0. The van der Waals surface area contributed by atoms with E-state index in [2.05, 4.69) is 0 Å². The zero-order valence-corrected chi connectivity index (χ0v) is 12.8. The van der Waals surface area contributed by atoms with Crippen LogP contribution in [0.5, 0.6) is 0 Å². The SMILES string of the molecule is CC(=O)N(Cc1ccccc1)S(=O)(=O)c1ccc(C)cc1. The smallest absolute Gasteiger partial charge is 0.266 e. The molecule has 0 saturated carbocycles. The van der Waals surface area contributed by atoms with Gasteiger partial charge < -0.3 is 0 Å². The zero-order chi connectivity index (χ0) is 15.5. The van der Waals surface area contributed by atoms with Crippen LogP contribution in [-0.4, -0.2) is 18.6 Å². The molecule has 5 heteroatoms. The second-order valence-corrected chi connectivity index (χ2v) is 6.69. The van der Waals surface area contributed by atoms with Crippen LogP contribution in [0.2, 0.25) is 0 Å². The maximum atomic E-state index is 12.6. The van der Waals surface area contributed by atoms with Gasteiger partial charge in [-0.15, -0.1) is 0 Å². The molecule has 0 fully saturated rings. The Kier molecular flexibility index (Phi) is 4.43. The molecule has 0 N–H and O–H groups in total. The van der Waals surface area contributed by atoms with E-state index in [-0.39, 0.29) is 11.4 Å². The Morgan fingerprint density at radius 2 is 1.57 bits per heavy atom. The normalized spacial score (nSPS) is 11.1. The molecule has 0 aliphatic heterocycles. The Bertz CT molecular complexity index is 722. The minimum atomic E-state index is -3.83. The molecule has 2 aromatic carbocycles. The molecule has 110 valence electrons. The van der Waals surface area contributed by atoms with E-state index in [4.69, 9.17) is 0 Å². The maximum absolute atomic E-state index is 12.6. The molecule has 1 amide bonds. The maximum Gasteiger partial charge on any atom is 0.266 e. The Labute approximate surface area is 125 Å². The predicted octanol–water partition coefficient (Wildman–Crippen LogP) is 2.73. The van der Waals surface area contributed by atoms with E-state index in [0.29, 0.717) is 0 Å². The molecule has 0 bridgehead atoms. The molecule has 2 rings (SSSR count). The van der Waals surface area contributed by atoms with Gasteiger partial charge in [0.25, 0.3) is 10.0 Å². The number of benzene rings is 2. The molecule has 0 heterocycles. The van der Waals surface area contributed by atoms with Gasteiger partial charge in [0, 0.05) is 6.92 Å². The highest BCUT2D eigenvalue weighted by molar-refractivity contribution is 7.89. The standard InChI is InChI=1S/C16H17NO3S/c1-13-8-10-16(11-9-13)21(19,20)17(14(2)18)12-15-6-4-3-5-7-15/h3-11H,12H2,1-2H3. The third-order valence-corrected chi connectivity index (χ3v) is 4.96. The Morgan fingerprint density at radius 1 is 1.00 bits per heavy atom. The van der Waals surface area contributed by atoms with Gasteiger partial charge in [0.1, 0.15) is 0 Å². The highest BCUT2D eigenvalue weighted by Gasteiger charge is 2.26. The summed E-state index contributed by atoms with van der Waals surface area (Å²) < 4.78 is 26.1. The van der Waals surface area contributed by atoms with Crippen LogP contribution in [0, 0.1) is 6.92 Å². The molecule has 0 unspecified atom stereocenters. The van der Waals surface area contributed by atoms with Crippen molar-refractivity contribution >= 4 is 15.9 Å². The molecule has 0 atom stereocenters. The van der Waals surface area contributed by atoms with E-state index in [0.717, 1.165) is 15.4 Å². The second kappa shape index (κ2) is 6.10. The van der Waals surface area contributed by atoms with Gasteiger partial charge in [-0.1, -0.05) is 48.0 Å². The van der Waals surface area contributed by atoms with Crippen molar-refractivity contribution in [3.63, 3.8) is 0 Å². The van der Waals surface area contributed by atoms with E-state index < -0.39 is 15.9 Å². The van der Waals surface area contributed by atoms with Crippen LogP contribution in [-0.2, 0) is 21.4 Å². The molecule has 21 heavy (non-hydrogen) atoms. The number of carbonyl (C=O) groups excluding carboxylic acids is 1. The minimum Gasteiger partial charge on any atom is -0.274 e. The number of carbonyl (C=O) groups is 1. The van der Waals surface area contributed by atoms with E-state index in [9.17, 15) is 13.2 Å². The number of aryl methyl sites for hydroxylation is 1. The minimum absolute atomic E-state index is 0.0341. The van der Waals surface area contributed by atoms with Crippen molar-refractivity contribution in [2.45, 2.75) is 25.3 Å². The first-order valence-corrected chi connectivity index (χ1v) is 7.99. The van der Waals surface area contributed by atoms with E-state index in [1.807, 2.05) is 25.1 Å². The van der Waals surface area contributed by atoms with Crippen LogP contribution in [0.25, 0.3) is 0 Å². The first-order chi connectivity index (χ1) is 9.91. The Balaban J connectivity index is 2.37. The average Bonchev–Trinajstić information content (AvgIpc) is 2.46. The van der Waals surface area contributed by atoms with Gasteiger partial charge in [0.2, 0.25) is 5.91 Å². The van der Waals surface area contributed by atoms with Crippen molar-refractivity contribution in [3.05, 3.63) is 65.7 Å². The molecule has 0 aromatic heterocycles. The third kappa shape index (κ3) is 3.49. The van der Waals surface area contributed by atoms with Gasteiger partial charge in [0.05, 0.1) is 11.4 Å². The fraction of sp³-hybridized carbons (Fsp3) is 0.188. The zero-order valence-electron chi connectivity index (χ0n) is 12.0. The van der Waals surface area contributed by atoms with Crippen molar-refractivity contribution in [1.82, 2.24) is 4.31 Å². The number of hydrogen-bond donors (Lipinski definition) is 0. The molecule has 0 aliphatic rings. The topological polar surface area (TPSA) is 54.5 Å². The highest BCUT2D eigenvalue weighted by atomic mass is 32.2. The summed E-state index contributed by atoms with van der Waals surface area (Å²) in [5.74, 6) is -0.501. The van der Waals surface area contributed by atoms with Crippen LogP contribution >= 0.6 is 0 Å². The molecule has 0 saturated heterocycles. The highest BCUT2D eigenvalue weighted by Crippen LogP contribution is 2.19. The summed E-state index contributed by atoms with van der Waals surface area (Å²) in [7, 11) is -3.83. The van der Waals surface area contributed by atoms with Gasteiger partial charge in [-0.05, 0) is 24.6 Å². The number of nitrogens with zero attached hydrogens (tertiary/aromatic N) is 1. The molecular formula is C16H17NO3S. The van der Waals surface area contributed by atoms with Gasteiger partial charge in [-0.25, -0.2) is 12.7 Å². The van der Waals surface area contributed by atoms with Crippen LogP contribution in [0.15, 0.2) is 59.5 Å². The van der Waals surface area contributed by atoms with Gasteiger partial charge in [0.15, 0.2) is 0 Å². The summed E-state index contributed by atoms with van der Waals surface area (Å²) >= 11 is 0. The van der Waals surface area contributed by atoms with E-state index in [1.165, 1.54) is 19.1 Å². The monoisotopic (exact) mass is 303 g/mol. The van der Waals surface area contributed by atoms with Gasteiger partial charge in [-0.3, -0.25) is 4.79 Å². The summed E-state index contributed by atoms with van der Waals surface area (Å²) in [6, 6.07) is 15.5. The molecule has 0 spiro atoms. The first-order valence-electron chi connectivity index (χ1n) is 6.55. The number of rotatable bonds is 4. The lowest BCUT2D eigenvalue weighted by atomic mass is 10.2. The summed E-state index contributed by atoms with van der Waals surface area (Å²) in [6.07, 6.45) is 0. The van der Waals surface area contributed by atoms with Crippen molar-refractivity contribution in [2.75, 3.05) is 0 Å². The summed E-state index contributed by atoms with van der Waals surface area (Å²) in [6.45, 7) is 3.17. The fourth-order valence-electron chi connectivity index (χ4n) is 1.95. The lowest BCUT2D eigenvalue weighted by Crippen LogP contribution is -2.34. The van der Waals surface area contributed by atoms with Crippen molar-refractivity contribution in [3.8, 4) is 0 Å². The van der Waals surface area contributed by atoms with Crippen LogP contribution in [0.4, 0.5) is 0 Å². The lowest BCUT2D eigenvalue weighted by molar-refractivity contribution is -0.124. The fourth-order valence-corrected chi connectivity index (χ4v) is 3.34. The molecule has 2 aromatic rings. The molecule has 4 nitrogen and oxygen atoms in total. The Morgan fingerprint density at radius 3 is 2.10 bits per heavy atom. The second-order valence-electron chi connectivity index (χ2n) is 4.83. The largest absolute Gasteiger partial charge is 0.274 e. The average molecular weight is 303 g/mol. The Hall–Kier alpha value is -2.14. The van der Waals surface area contributed by atoms with Crippen LogP contribution in [0.1, 0.15) is 18.1 Å². The van der Waals surface area contributed by atoms with E-state index >= 15 is 0 Å². The number of sulfonamides is 1. The van der Waals surface area contributed by atoms with Gasteiger partial charge in [-0.2, -0.15) is 0 Å². The third-order valence-electron chi connectivity index (χ3n) is 3.13.